The number of carboxylic acids is 1. The summed E-state index contributed by atoms with van der Waals surface area (Å²) < 4.78 is 9.80. The van der Waals surface area contributed by atoms with Crippen LogP contribution < -0.4 is 5.11 Å². The molecule has 112 valence electrons. The lowest BCUT2D eigenvalue weighted by Gasteiger charge is -2.31. The molecular formula is C13H18NO6-. The molecule has 0 amide bonds. The number of aliphatic carboxylic acids is 1. The Hall–Kier alpha value is -1.92. The predicted molar refractivity (Wildman–Crippen MR) is 66.5 cm³/mol. The number of carbonyl (C=O) groups excluding carboxylic acids is 3. The monoisotopic (exact) mass is 284 g/mol. The zero-order valence-corrected chi connectivity index (χ0v) is 11.9. The second-order valence-electron chi connectivity index (χ2n) is 5.17. The molecule has 0 radical (unpaired) electrons. The van der Waals surface area contributed by atoms with E-state index in [0.29, 0.717) is 6.42 Å². The van der Waals surface area contributed by atoms with Crippen molar-refractivity contribution in [2.24, 2.45) is 16.8 Å². The third-order valence-corrected chi connectivity index (χ3v) is 3.02. The fraction of sp³-hybridized carbons (Fsp3) is 0.692. The number of carbonyl (C=O) groups is 3. The van der Waals surface area contributed by atoms with Gasteiger partial charge < -0.3 is 19.4 Å². The van der Waals surface area contributed by atoms with E-state index < -0.39 is 35.7 Å². The van der Waals surface area contributed by atoms with Crippen LogP contribution in [-0.2, 0) is 23.9 Å². The Labute approximate surface area is 117 Å². The van der Waals surface area contributed by atoms with Gasteiger partial charge >= 0.3 is 11.9 Å². The molecule has 1 aliphatic heterocycles. The summed E-state index contributed by atoms with van der Waals surface area (Å²) in [5.74, 6) is -5.90. The average Bonchev–Trinajstić information content (AvgIpc) is 2.30. The summed E-state index contributed by atoms with van der Waals surface area (Å²) in [6.07, 6.45) is 1.54. The Kier molecular flexibility index (Phi) is 4.86. The predicted octanol–water partition coefficient (Wildman–Crippen LogP) is -0.326. The van der Waals surface area contributed by atoms with Crippen LogP contribution in [0.25, 0.3) is 0 Å². The maximum absolute atomic E-state index is 11.7. The molecular weight excluding hydrogens is 266 g/mol. The maximum Gasteiger partial charge on any atom is 0.329 e. The molecule has 7 nitrogen and oxygen atoms in total. The number of carboxylic acid groups (broad SMARTS) is 1. The van der Waals surface area contributed by atoms with Gasteiger partial charge in [-0.05, 0) is 5.92 Å². The minimum absolute atomic E-state index is 0.275. The van der Waals surface area contributed by atoms with Gasteiger partial charge in [-0.1, -0.05) is 20.3 Å². The summed E-state index contributed by atoms with van der Waals surface area (Å²) in [6.45, 7) is 6.36. The second-order valence-corrected chi connectivity index (χ2v) is 5.17. The van der Waals surface area contributed by atoms with Crippen LogP contribution in [0.15, 0.2) is 4.99 Å². The molecule has 0 aromatic carbocycles. The van der Waals surface area contributed by atoms with Crippen LogP contribution in [0.1, 0.15) is 34.1 Å². The number of aliphatic imine (C=N–C) groups is 1. The normalized spacial score (nSPS) is 22.2. The van der Waals surface area contributed by atoms with E-state index in [-0.39, 0.29) is 5.92 Å². The first-order valence-electron chi connectivity index (χ1n) is 6.37. The fourth-order valence-electron chi connectivity index (χ4n) is 1.69. The Balaban J connectivity index is 2.85. The number of esters is 2. The molecule has 1 saturated heterocycles. The van der Waals surface area contributed by atoms with Gasteiger partial charge in [-0.2, -0.15) is 0 Å². The first kappa shape index (κ1) is 16.1. The molecule has 0 N–H and O–H groups in total. The summed E-state index contributed by atoms with van der Waals surface area (Å²) in [5, 5.41) is 11.0. The largest absolute Gasteiger partial charge is 0.548 e. The Bertz CT molecular complexity index is 422. The number of cyclic esters (lactones) is 2. The van der Waals surface area contributed by atoms with Crippen LogP contribution >= 0.6 is 0 Å². The van der Waals surface area contributed by atoms with Gasteiger partial charge in [0.05, 0.1) is 12.0 Å². The molecule has 1 heterocycles. The van der Waals surface area contributed by atoms with Gasteiger partial charge in [0.25, 0.3) is 5.79 Å². The fourth-order valence-corrected chi connectivity index (χ4v) is 1.69. The molecule has 20 heavy (non-hydrogen) atoms. The molecule has 2 atom stereocenters. The smallest absolute Gasteiger partial charge is 0.329 e. The van der Waals surface area contributed by atoms with E-state index in [1.54, 1.807) is 6.92 Å². The molecule has 0 aromatic rings. The minimum atomic E-state index is -1.35. The lowest BCUT2D eigenvalue weighted by atomic mass is 9.99. The van der Waals surface area contributed by atoms with Crippen LogP contribution in [0, 0.1) is 11.8 Å². The zero-order valence-electron chi connectivity index (χ0n) is 11.9. The van der Waals surface area contributed by atoms with Crippen molar-refractivity contribution in [3.63, 3.8) is 0 Å². The lowest BCUT2D eigenvalue weighted by molar-refractivity contribution is -0.308. The molecule has 0 spiro atoms. The highest BCUT2D eigenvalue weighted by atomic mass is 16.7. The molecule has 1 fully saturated rings. The van der Waals surface area contributed by atoms with Crippen molar-refractivity contribution in [1.29, 1.82) is 0 Å². The highest BCUT2D eigenvalue weighted by Gasteiger charge is 2.42. The van der Waals surface area contributed by atoms with Crippen LogP contribution in [0.3, 0.4) is 0 Å². The number of ether oxygens (including phenoxy) is 2. The molecule has 0 aromatic heterocycles. The van der Waals surface area contributed by atoms with Crippen molar-refractivity contribution in [2.75, 3.05) is 0 Å². The number of hydrogen-bond acceptors (Lipinski definition) is 7. The quantitative estimate of drug-likeness (QED) is 0.389. The SMILES string of the molecule is CC[C@H](C)[C@@H](N=CC1C(=O)OC(C)(C)OC1=O)C(=O)[O-]. The van der Waals surface area contributed by atoms with E-state index in [1.807, 2.05) is 6.92 Å². The van der Waals surface area contributed by atoms with Gasteiger partial charge in [-0.25, -0.2) is 0 Å². The molecule has 7 heteroatoms. The van der Waals surface area contributed by atoms with Crippen molar-refractivity contribution in [1.82, 2.24) is 0 Å². The van der Waals surface area contributed by atoms with Crippen molar-refractivity contribution < 1.29 is 29.0 Å². The first-order chi connectivity index (χ1) is 9.18. The van der Waals surface area contributed by atoms with E-state index in [1.165, 1.54) is 13.8 Å². The minimum Gasteiger partial charge on any atom is -0.548 e. The van der Waals surface area contributed by atoms with Crippen molar-refractivity contribution in [2.45, 2.75) is 45.9 Å². The topological polar surface area (TPSA) is 105 Å². The lowest BCUT2D eigenvalue weighted by Crippen LogP contribution is -2.47. The Morgan fingerprint density at radius 2 is 1.90 bits per heavy atom. The summed E-state index contributed by atoms with van der Waals surface area (Å²) in [7, 11) is 0. The molecule has 0 saturated carbocycles. The molecule has 1 aliphatic rings. The van der Waals surface area contributed by atoms with Gasteiger partial charge in [-0.3, -0.25) is 14.6 Å². The van der Waals surface area contributed by atoms with Crippen LogP contribution in [0.4, 0.5) is 0 Å². The number of nitrogens with zero attached hydrogens (tertiary/aromatic N) is 1. The highest BCUT2D eigenvalue weighted by molar-refractivity contribution is 6.10. The van der Waals surface area contributed by atoms with E-state index in [0.717, 1.165) is 6.21 Å². The molecule has 0 bridgehead atoms. The van der Waals surface area contributed by atoms with Gasteiger partial charge in [-0.15, -0.1) is 0 Å². The van der Waals surface area contributed by atoms with Crippen molar-refractivity contribution in [3.8, 4) is 0 Å². The summed E-state index contributed by atoms with van der Waals surface area (Å²) >= 11 is 0. The van der Waals surface area contributed by atoms with E-state index in [9.17, 15) is 19.5 Å². The molecule has 0 unspecified atom stereocenters. The second kappa shape index (κ2) is 6.02. The maximum atomic E-state index is 11.7. The standard InChI is InChI=1S/C13H19NO6/c1-5-7(2)9(10(15)16)14-6-8-11(17)19-13(3,4)20-12(8)18/h6-9H,5H2,1-4H3,(H,15,16)/p-1/t7-,9+/m0/s1. The van der Waals surface area contributed by atoms with E-state index >= 15 is 0 Å². The first-order valence-corrected chi connectivity index (χ1v) is 6.37. The van der Waals surface area contributed by atoms with Crippen LogP contribution in [0.2, 0.25) is 0 Å². The number of hydrogen-bond donors (Lipinski definition) is 0. The van der Waals surface area contributed by atoms with Crippen LogP contribution in [-0.4, -0.2) is 36.0 Å². The molecule has 0 aliphatic carbocycles. The van der Waals surface area contributed by atoms with Gasteiger partial charge in [0.2, 0.25) is 0 Å². The van der Waals surface area contributed by atoms with E-state index in [4.69, 9.17) is 9.47 Å². The summed E-state index contributed by atoms with van der Waals surface area (Å²) in [5.41, 5.74) is 0. The summed E-state index contributed by atoms with van der Waals surface area (Å²) in [6, 6.07) is -1.12. The highest BCUT2D eigenvalue weighted by Crippen LogP contribution is 2.22. The average molecular weight is 284 g/mol. The number of rotatable bonds is 5. The van der Waals surface area contributed by atoms with Crippen molar-refractivity contribution in [3.05, 3.63) is 0 Å². The Morgan fingerprint density at radius 1 is 1.40 bits per heavy atom. The van der Waals surface area contributed by atoms with E-state index in [2.05, 4.69) is 4.99 Å². The summed E-state index contributed by atoms with van der Waals surface area (Å²) in [4.78, 5) is 38.1. The molecule has 1 rings (SSSR count). The zero-order chi connectivity index (χ0) is 15.5. The van der Waals surface area contributed by atoms with Crippen LogP contribution in [0.5, 0.6) is 0 Å². The Morgan fingerprint density at radius 3 is 2.30 bits per heavy atom. The van der Waals surface area contributed by atoms with Gasteiger partial charge in [0.15, 0.2) is 5.92 Å². The third-order valence-electron chi connectivity index (χ3n) is 3.02. The third kappa shape index (κ3) is 3.79. The van der Waals surface area contributed by atoms with Crippen molar-refractivity contribution >= 4 is 24.1 Å². The van der Waals surface area contributed by atoms with Gasteiger partial charge in [0.1, 0.15) is 0 Å². The van der Waals surface area contributed by atoms with Gasteiger partial charge in [0, 0.05) is 20.1 Å².